The van der Waals surface area contributed by atoms with Crippen LogP contribution in [-0.2, 0) is 26.3 Å². The molecule has 0 aliphatic carbocycles. The Bertz CT molecular complexity index is 942. The van der Waals surface area contributed by atoms with Gasteiger partial charge in [-0.15, -0.1) is 0 Å². The van der Waals surface area contributed by atoms with Crippen LogP contribution in [0, 0.1) is 5.92 Å². The van der Waals surface area contributed by atoms with Gasteiger partial charge in [0.05, 0.1) is 11.5 Å². The van der Waals surface area contributed by atoms with Crippen LogP contribution in [0.2, 0.25) is 0 Å². The summed E-state index contributed by atoms with van der Waals surface area (Å²) >= 11 is 0. The van der Waals surface area contributed by atoms with Gasteiger partial charge in [0.1, 0.15) is 0 Å². The lowest BCUT2D eigenvalue weighted by Gasteiger charge is -2.43. The molecule has 3 aliphatic rings. The highest BCUT2D eigenvalue weighted by Crippen LogP contribution is 2.39. The quantitative estimate of drug-likeness (QED) is 0.699. The third-order valence-electron chi connectivity index (χ3n) is 7.22. The zero-order chi connectivity index (χ0) is 23.3. The molecule has 2 amide bonds. The Morgan fingerprint density at radius 1 is 1.03 bits per heavy atom. The number of likely N-dealkylation sites (tertiary alicyclic amines) is 2. The van der Waals surface area contributed by atoms with Gasteiger partial charge in [-0.3, -0.25) is 19.3 Å². The average Bonchev–Trinajstić information content (AvgIpc) is 3.39. The second-order valence-corrected chi connectivity index (χ2v) is 9.16. The summed E-state index contributed by atoms with van der Waals surface area (Å²) in [6.45, 7) is 3.85. The van der Waals surface area contributed by atoms with Crippen LogP contribution < -0.4 is 5.32 Å². The highest BCUT2D eigenvalue weighted by Gasteiger charge is 2.49. The smallest absolute Gasteiger partial charge is 0.290 e. The average molecular weight is 450 g/mol. The van der Waals surface area contributed by atoms with Crippen molar-refractivity contribution in [3.63, 3.8) is 0 Å². The Morgan fingerprint density at radius 3 is 2.24 bits per heavy atom. The molecular formula is C26H31N3O4. The van der Waals surface area contributed by atoms with Crippen molar-refractivity contribution in [2.75, 3.05) is 26.2 Å². The molecule has 3 saturated heterocycles. The fourth-order valence-electron chi connectivity index (χ4n) is 5.53. The molecule has 2 aromatic rings. The van der Waals surface area contributed by atoms with Crippen LogP contribution in [0.4, 0.5) is 0 Å². The summed E-state index contributed by atoms with van der Waals surface area (Å²) in [5, 5.41) is 9.94. The van der Waals surface area contributed by atoms with Crippen LogP contribution in [-0.4, -0.2) is 65.4 Å². The van der Waals surface area contributed by atoms with Crippen molar-refractivity contribution in [1.29, 1.82) is 0 Å². The summed E-state index contributed by atoms with van der Waals surface area (Å²) in [5.74, 6) is 0.647. The topological polar surface area (TPSA) is 90.0 Å². The Morgan fingerprint density at radius 2 is 1.64 bits per heavy atom. The summed E-state index contributed by atoms with van der Waals surface area (Å²) in [7, 11) is 0. The van der Waals surface area contributed by atoms with Crippen molar-refractivity contribution in [2.45, 2.75) is 37.3 Å². The third kappa shape index (κ3) is 4.93. The Kier molecular flexibility index (Phi) is 7.08. The first-order valence-electron chi connectivity index (χ1n) is 11.5. The Balaban J connectivity index is 0.000000821. The fourth-order valence-corrected chi connectivity index (χ4v) is 5.53. The molecule has 7 nitrogen and oxygen atoms in total. The molecule has 5 rings (SSSR count). The number of carbonyl (C=O) groups excluding carboxylic acids is 2. The molecule has 2 aromatic carbocycles. The van der Waals surface area contributed by atoms with Gasteiger partial charge in [-0.2, -0.15) is 0 Å². The van der Waals surface area contributed by atoms with Crippen LogP contribution >= 0.6 is 0 Å². The highest BCUT2D eigenvalue weighted by atomic mass is 16.3. The zero-order valence-electron chi connectivity index (χ0n) is 18.7. The van der Waals surface area contributed by atoms with Crippen LogP contribution in [0.5, 0.6) is 0 Å². The molecule has 3 fully saturated rings. The molecule has 0 spiro atoms. The minimum Gasteiger partial charge on any atom is -0.483 e. The lowest BCUT2D eigenvalue weighted by molar-refractivity contribution is -0.139. The van der Waals surface area contributed by atoms with Crippen LogP contribution in [0.1, 0.15) is 30.4 Å². The summed E-state index contributed by atoms with van der Waals surface area (Å²) in [6, 6.07) is 21.0. The van der Waals surface area contributed by atoms with E-state index in [4.69, 9.17) is 9.90 Å². The number of carboxylic acid groups (broad SMARTS) is 1. The molecule has 7 heteroatoms. The molecular weight excluding hydrogens is 418 g/mol. The van der Waals surface area contributed by atoms with Gasteiger partial charge < -0.3 is 15.3 Å². The van der Waals surface area contributed by atoms with E-state index in [1.165, 1.54) is 5.56 Å². The van der Waals surface area contributed by atoms with Gasteiger partial charge in [0.2, 0.25) is 11.8 Å². The van der Waals surface area contributed by atoms with Gasteiger partial charge in [0.25, 0.3) is 6.47 Å². The SMILES string of the molecule is O=C1C[C@H]2CN(C(=O)C3(c4ccccc4)CCN(Cc4ccccc4)CC3)C[C@H]2N1.O=CO. The first-order valence-corrected chi connectivity index (χ1v) is 11.5. The number of hydrogen-bond acceptors (Lipinski definition) is 4. The molecule has 0 unspecified atom stereocenters. The third-order valence-corrected chi connectivity index (χ3v) is 7.22. The number of fused-ring (bicyclic) bond motifs is 1. The largest absolute Gasteiger partial charge is 0.483 e. The molecule has 0 radical (unpaired) electrons. The molecule has 2 atom stereocenters. The maximum Gasteiger partial charge on any atom is 0.290 e. The molecule has 2 N–H and O–H groups in total. The molecule has 174 valence electrons. The summed E-state index contributed by atoms with van der Waals surface area (Å²) in [5.41, 5.74) is 1.99. The minimum atomic E-state index is -0.461. The standard InChI is InChI=1S/C25H29N3O2.CH2O2/c29-23-15-20-17-28(18-22(20)26-23)24(30)25(21-9-5-2-6-10-21)11-13-27(14-12-25)16-19-7-3-1-4-8-19;2-1-3/h1-10,20,22H,11-18H2,(H,26,29);1H,(H,2,3)/t20-,22+;/m0./s1. The van der Waals surface area contributed by atoms with Gasteiger partial charge in [-0.05, 0) is 37.1 Å². The van der Waals surface area contributed by atoms with E-state index in [0.717, 1.165) is 38.0 Å². The molecule has 3 aliphatic heterocycles. The van der Waals surface area contributed by atoms with Gasteiger partial charge in [-0.1, -0.05) is 60.7 Å². The van der Waals surface area contributed by atoms with E-state index in [-0.39, 0.29) is 30.2 Å². The second-order valence-electron chi connectivity index (χ2n) is 9.16. The first kappa shape index (κ1) is 23.0. The molecule has 0 bridgehead atoms. The normalized spacial score (nSPS) is 23.8. The lowest BCUT2D eigenvalue weighted by Crippen LogP contribution is -2.53. The molecule has 0 aromatic heterocycles. The molecule has 3 heterocycles. The predicted octanol–water partition coefficient (Wildman–Crippen LogP) is 2.27. The van der Waals surface area contributed by atoms with Crippen LogP contribution in [0.15, 0.2) is 60.7 Å². The molecule has 33 heavy (non-hydrogen) atoms. The number of nitrogens with zero attached hydrogens (tertiary/aromatic N) is 2. The lowest BCUT2D eigenvalue weighted by atomic mass is 9.71. The van der Waals surface area contributed by atoms with Crippen molar-refractivity contribution in [3.8, 4) is 0 Å². The van der Waals surface area contributed by atoms with Crippen molar-refractivity contribution in [1.82, 2.24) is 15.1 Å². The van der Waals surface area contributed by atoms with E-state index >= 15 is 0 Å². The number of hydrogen-bond donors (Lipinski definition) is 2. The number of carbonyl (C=O) groups is 3. The Labute approximate surface area is 194 Å². The summed E-state index contributed by atoms with van der Waals surface area (Å²) in [4.78, 5) is 38.4. The van der Waals surface area contributed by atoms with Crippen molar-refractivity contribution < 1.29 is 19.5 Å². The van der Waals surface area contributed by atoms with Crippen LogP contribution in [0.3, 0.4) is 0 Å². The number of rotatable bonds is 4. The summed E-state index contributed by atoms with van der Waals surface area (Å²) in [6.07, 6.45) is 2.22. The van der Waals surface area contributed by atoms with E-state index in [1.54, 1.807) is 0 Å². The van der Waals surface area contributed by atoms with Crippen LogP contribution in [0.25, 0.3) is 0 Å². The zero-order valence-corrected chi connectivity index (χ0v) is 18.7. The van der Waals surface area contributed by atoms with E-state index in [0.29, 0.717) is 19.5 Å². The number of benzene rings is 2. The van der Waals surface area contributed by atoms with E-state index < -0.39 is 5.41 Å². The first-order chi connectivity index (χ1) is 16.1. The molecule has 0 saturated carbocycles. The highest BCUT2D eigenvalue weighted by molar-refractivity contribution is 5.89. The van der Waals surface area contributed by atoms with Gasteiger partial charge in [0, 0.05) is 32.0 Å². The van der Waals surface area contributed by atoms with Crippen molar-refractivity contribution in [2.24, 2.45) is 5.92 Å². The van der Waals surface area contributed by atoms with Gasteiger partial charge >= 0.3 is 0 Å². The monoisotopic (exact) mass is 449 g/mol. The fraction of sp³-hybridized carbons (Fsp3) is 0.423. The van der Waals surface area contributed by atoms with Crippen molar-refractivity contribution in [3.05, 3.63) is 71.8 Å². The van der Waals surface area contributed by atoms with Gasteiger partial charge in [-0.25, -0.2) is 0 Å². The van der Waals surface area contributed by atoms with E-state index in [1.807, 2.05) is 29.2 Å². The van der Waals surface area contributed by atoms with Gasteiger partial charge in [0.15, 0.2) is 0 Å². The second kappa shape index (κ2) is 10.2. The van der Waals surface area contributed by atoms with Crippen molar-refractivity contribution >= 4 is 18.3 Å². The summed E-state index contributed by atoms with van der Waals surface area (Å²) < 4.78 is 0. The number of nitrogens with one attached hydrogen (secondary N) is 1. The van der Waals surface area contributed by atoms with E-state index in [2.05, 4.69) is 46.6 Å². The minimum absolute atomic E-state index is 0.129. The maximum atomic E-state index is 13.9. The maximum absolute atomic E-state index is 13.9. The number of piperidine rings is 1. The Hall–Kier alpha value is -3.19. The van der Waals surface area contributed by atoms with E-state index in [9.17, 15) is 9.59 Å². The number of amides is 2. The predicted molar refractivity (Wildman–Crippen MR) is 124 cm³/mol.